The first-order chi connectivity index (χ1) is 7.77. The van der Waals surface area contributed by atoms with Gasteiger partial charge in [-0.3, -0.25) is 4.79 Å². The Bertz CT molecular complexity index is 448. The molecule has 1 aromatic carbocycles. The zero-order valence-electron chi connectivity index (χ0n) is 8.36. The van der Waals surface area contributed by atoms with Crippen LogP contribution >= 0.6 is 0 Å². The Labute approximate surface area is 92.0 Å². The largest absolute Gasteiger partial charge is 0.475 e. The van der Waals surface area contributed by atoms with Crippen LogP contribution in [0.4, 0.5) is 22.0 Å². The van der Waals surface area contributed by atoms with Crippen molar-refractivity contribution in [1.82, 2.24) is 0 Å². The number of hydrogen-bond acceptors (Lipinski definition) is 2. The van der Waals surface area contributed by atoms with E-state index in [0.29, 0.717) is 0 Å². The number of carbonyl (C=O) groups excluding carboxylic acids is 1. The number of ether oxygens (including phenoxy) is 1. The second kappa shape index (κ2) is 4.56. The lowest BCUT2D eigenvalue weighted by molar-refractivity contribution is -0.124. The highest BCUT2D eigenvalue weighted by molar-refractivity contribution is 5.78. The van der Waals surface area contributed by atoms with Gasteiger partial charge in [0, 0.05) is 0 Å². The highest BCUT2D eigenvalue weighted by Gasteiger charge is 2.28. The van der Waals surface area contributed by atoms with E-state index in [0.717, 1.165) is 6.92 Å². The first-order valence-electron chi connectivity index (χ1n) is 4.24. The predicted octanol–water partition coefficient (Wildman–Crippen LogP) is 1.63. The van der Waals surface area contributed by atoms with E-state index >= 15 is 0 Å². The molecule has 0 saturated carbocycles. The zero-order valence-corrected chi connectivity index (χ0v) is 8.36. The molecule has 3 nitrogen and oxygen atoms in total. The van der Waals surface area contributed by atoms with Gasteiger partial charge in [0.2, 0.25) is 29.1 Å². The third kappa shape index (κ3) is 2.29. The second-order valence-corrected chi connectivity index (χ2v) is 3.06. The molecule has 94 valence electrons. The lowest BCUT2D eigenvalue weighted by Gasteiger charge is -2.13. The van der Waals surface area contributed by atoms with Crippen molar-refractivity contribution in [2.24, 2.45) is 5.73 Å². The molecular formula is C9H6F5NO2. The third-order valence-electron chi connectivity index (χ3n) is 1.86. The van der Waals surface area contributed by atoms with Crippen molar-refractivity contribution in [2.75, 3.05) is 0 Å². The fourth-order valence-electron chi connectivity index (χ4n) is 0.923. The molecule has 0 saturated heterocycles. The molecule has 0 aliphatic carbocycles. The van der Waals surface area contributed by atoms with E-state index < -0.39 is 46.8 Å². The number of halogens is 5. The van der Waals surface area contributed by atoms with Crippen LogP contribution in [0.25, 0.3) is 0 Å². The second-order valence-electron chi connectivity index (χ2n) is 3.06. The Kier molecular flexibility index (Phi) is 3.54. The molecule has 0 heterocycles. The molecule has 1 aromatic rings. The summed E-state index contributed by atoms with van der Waals surface area (Å²) >= 11 is 0. The number of benzene rings is 1. The Hall–Kier alpha value is -1.86. The van der Waals surface area contributed by atoms with E-state index in [4.69, 9.17) is 5.73 Å². The number of nitrogens with two attached hydrogens (primary N) is 1. The molecule has 8 heteroatoms. The van der Waals surface area contributed by atoms with E-state index in [1.165, 1.54) is 0 Å². The van der Waals surface area contributed by atoms with Crippen LogP contribution in [0.15, 0.2) is 0 Å². The van der Waals surface area contributed by atoms with Crippen LogP contribution in [0, 0.1) is 29.1 Å². The zero-order chi connectivity index (χ0) is 13.3. The summed E-state index contributed by atoms with van der Waals surface area (Å²) in [7, 11) is 0. The fraction of sp³-hybridized carbons (Fsp3) is 0.222. The maximum Gasteiger partial charge on any atom is 0.258 e. The summed E-state index contributed by atoms with van der Waals surface area (Å²) in [5.74, 6) is -13.6. The van der Waals surface area contributed by atoms with Gasteiger partial charge in [-0.1, -0.05) is 0 Å². The van der Waals surface area contributed by atoms with Gasteiger partial charge in [-0.25, -0.2) is 13.2 Å². The fourth-order valence-corrected chi connectivity index (χ4v) is 0.923. The lowest BCUT2D eigenvalue weighted by Crippen LogP contribution is -2.31. The Morgan fingerprint density at radius 3 is 1.71 bits per heavy atom. The molecule has 1 atom stereocenters. The molecule has 1 amide bonds. The third-order valence-corrected chi connectivity index (χ3v) is 1.86. The summed E-state index contributed by atoms with van der Waals surface area (Å²) in [6.07, 6.45) is -1.54. The van der Waals surface area contributed by atoms with Crippen LogP contribution in [0.5, 0.6) is 5.75 Å². The SMILES string of the molecule is CC(Oc1c(F)c(F)c(F)c(F)c1F)C(N)=O. The molecular weight excluding hydrogens is 249 g/mol. The summed E-state index contributed by atoms with van der Waals surface area (Å²) in [4.78, 5) is 10.6. The van der Waals surface area contributed by atoms with Gasteiger partial charge >= 0.3 is 0 Å². The minimum absolute atomic E-state index is 1.00. The van der Waals surface area contributed by atoms with E-state index in [-0.39, 0.29) is 0 Å². The van der Waals surface area contributed by atoms with Crippen molar-refractivity contribution in [3.63, 3.8) is 0 Å². The van der Waals surface area contributed by atoms with Crippen LogP contribution in [0.2, 0.25) is 0 Å². The topological polar surface area (TPSA) is 52.3 Å². The minimum atomic E-state index is -2.31. The van der Waals surface area contributed by atoms with Gasteiger partial charge in [-0.15, -0.1) is 0 Å². The first kappa shape index (κ1) is 13.2. The average molecular weight is 255 g/mol. The van der Waals surface area contributed by atoms with Crippen LogP contribution in [0.1, 0.15) is 6.92 Å². The summed E-state index contributed by atoms with van der Waals surface area (Å²) in [5.41, 5.74) is 4.72. The summed E-state index contributed by atoms with van der Waals surface area (Å²) < 4.78 is 68.4. The monoisotopic (exact) mass is 255 g/mol. The summed E-state index contributed by atoms with van der Waals surface area (Å²) in [5, 5.41) is 0. The smallest absolute Gasteiger partial charge is 0.258 e. The van der Waals surface area contributed by atoms with Crippen molar-refractivity contribution in [3.05, 3.63) is 29.1 Å². The van der Waals surface area contributed by atoms with Crippen LogP contribution in [-0.4, -0.2) is 12.0 Å². The Balaban J connectivity index is 3.30. The number of rotatable bonds is 3. The molecule has 0 bridgehead atoms. The quantitative estimate of drug-likeness (QED) is 0.507. The molecule has 0 aromatic heterocycles. The van der Waals surface area contributed by atoms with Gasteiger partial charge in [0.15, 0.2) is 11.9 Å². The number of amides is 1. The maximum absolute atomic E-state index is 13.0. The Morgan fingerprint density at radius 1 is 1.00 bits per heavy atom. The molecule has 0 fully saturated rings. The van der Waals surface area contributed by atoms with Gasteiger partial charge < -0.3 is 10.5 Å². The van der Waals surface area contributed by atoms with E-state index in [2.05, 4.69) is 4.74 Å². The minimum Gasteiger partial charge on any atom is -0.475 e. The first-order valence-corrected chi connectivity index (χ1v) is 4.24. The molecule has 0 aliphatic rings. The highest BCUT2D eigenvalue weighted by Crippen LogP contribution is 2.29. The van der Waals surface area contributed by atoms with E-state index in [1.807, 2.05) is 0 Å². The average Bonchev–Trinajstić information content (AvgIpc) is 2.29. The normalized spacial score (nSPS) is 12.4. The molecule has 0 aliphatic heterocycles. The van der Waals surface area contributed by atoms with Gasteiger partial charge in [0.1, 0.15) is 0 Å². The number of primary amides is 1. The number of hydrogen-bond donors (Lipinski definition) is 1. The maximum atomic E-state index is 13.0. The van der Waals surface area contributed by atoms with Crippen molar-refractivity contribution in [2.45, 2.75) is 13.0 Å². The van der Waals surface area contributed by atoms with Crippen molar-refractivity contribution in [3.8, 4) is 5.75 Å². The number of carbonyl (C=O) groups is 1. The van der Waals surface area contributed by atoms with Crippen molar-refractivity contribution >= 4 is 5.91 Å². The van der Waals surface area contributed by atoms with Gasteiger partial charge in [-0.05, 0) is 6.92 Å². The lowest BCUT2D eigenvalue weighted by atomic mass is 10.2. The Morgan fingerprint density at radius 2 is 1.35 bits per heavy atom. The molecule has 0 radical (unpaired) electrons. The van der Waals surface area contributed by atoms with Crippen molar-refractivity contribution in [1.29, 1.82) is 0 Å². The standard InChI is InChI=1S/C9H6F5NO2/c1-2(9(15)16)17-8-6(13)4(11)3(10)5(12)7(8)14/h2H,1H3,(H2,15,16). The van der Waals surface area contributed by atoms with Gasteiger partial charge in [0.25, 0.3) is 5.91 Å². The van der Waals surface area contributed by atoms with Crippen molar-refractivity contribution < 1.29 is 31.5 Å². The van der Waals surface area contributed by atoms with Crippen LogP contribution in [0.3, 0.4) is 0 Å². The highest BCUT2D eigenvalue weighted by atomic mass is 19.2. The van der Waals surface area contributed by atoms with E-state index in [9.17, 15) is 26.7 Å². The van der Waals surface area contributed by atoms with Crippen LogP contribution < -0.4 is 10.5 Å². The molecule has 1 unspecified atom stereocenters. The van der Waals surface area contributed by atoms with Crippen LogP contribution in [-0.2, 0) is 4.79 Å². The molecule has 17 heavy (non-hydrogen) atoms. The van der Waals surface area contributed by atoms with E-state index in [1.54, 1.807) is 0 Å². The molecule has 1 rings (SSSR count). The van der Waals surface area contributed by atoms with Gasteiger partial charge in [0.05, 0.1) is 0 Å². The molecule has 0 spiro atoms. The molecule has 2 N–H and O–H groups in total. The summed E-state index contributed by atoms with van der Waals surface area (Å²) in [6, 6.07) is 0. The predicted molar refractivity (Wildman–Crippen MR) is 45.5 cm³/mol. The van der Waals surface area contributed by atoms with Gasteiger partial charge in [-0.2, -0.15) is 8.78 Å². The summed E-state index contributed by atoms with van der Waals surface area (Å²) in [6.45, 7) is 1.00.